The smallest absolute Gasteiger partial charge is 0.134 e. The maximum absolute atomic E-state index is 14.0. The van der Waals surface area contributed by atoms with Gasteiger partial charge in [-0.1, -0.05) is 23.8 Å². The maximum Gasteiger partial charge on any atom is 0.134 e. The normalized spacial score (nSPS) is 12.8. The van der Waals surface area contributed by atoms with Crippen LogP contribution < -0.4 is 5.73 Å². The molecule has 1 aromatic heterocycles. The molecule has 0 fully saturated rings. The van der Waals surface area contributed by atoms with Crippen molar-refractivity contribution in [1.82, 2.24) is 0 Å². The lowest BCUT2D eigenvalue weighted by atomic mass is 10.0. The average molecular weight is 269 g/mol. The third-order valence-corrected chi connectivity index (χ3v) is 3.49. The molecule has 1 atom stereocenters. The molecule has 0 bridgehead atoms. The molecule has 0 radical (unpaired) electrons. The second kappa shape index (κ2) is 4.76. The molecule has 0 saturated heterocycles. The molecule has 0 aliphatic rings. The van der Waals surface area contributed by atoms with Crippen molar-refractivity contribution in [1.29, 1.82) is 0 Å². The van der Waals surface area contributed by atoms with E-state index in [1.807, 2.05) is 44.2 Å². The minimum Gasteiger partial charge on any atom is -0.459 e. The largest absolute Gasteiger partial charge is 0.459 e. The minimum absolute atomic E-state index is 0.297. The Morgan fingerprint density at radius 2 is 1.70 bits per heavy atom. The van der Waals surface area contributed by atoms with Crippen molar-refractivity contribution in [3.63, 3.8) is 0 Å². The van der Waals surface area contributed by atoms with Crippen LogP contribution in [0, 0.1) is 19.7 Å². The van der Waals surface area contributed by atoms with Crippen LogP contribution in [0.25, 0.3) is 11.0 Å². The van der Waals surface area contributed by atoms with Gasteiger partial charge in [-0.3, -0.25) is 0 Å². The van der Waals surface area contributed by atoms with Gasteiger partial charge in [0.25, 0.3) is 0 Å². The standard InChI is InChI=1S/C17H16FNO/c1-10-4-6-15-12(7-10)9-16(20-15)17(19)13-5-3-11(2)8-14(13)18/h3-9,17H,19H2,1-2H3. The molecule has 0 aliphatic carbocycles. The van der Waals surface area contributed by atoms with Crippen LogP contribution >= 0.6 is 0 Å². The Balaban J connectivity index is 2.05. The predicted molar refractivity (Wildman–Crippen MR) is 78.1 cm³/mol. The highest BCUT2D eigenvalue weighted by atomic mass is 19.1. The predicted octanol–water partition coefficient (Wildman–Crippen LogP) is 4.24. The number of fused-ring (bicyclic) bond motifs is 1. The summed E-state index contributed by atoms with van der Waals surface area (Å²) in [6, 6.07) is 12.3. The first-order valence-electron chi connectivity index (χ1n) is 6.56. The van der Waals surface area contributed by atoms with Crippen LogP contribution in [0.2, 0.25) is 0 Å². The zero-order valence-electron chi connectivity index (χ0n) is 11.5. The topological polar surface area (TPSA) is 39.2 Å². The molecule has 20 heavy (non-hydrogen) atoms. The fourth-order valence-corrected chi connectivity index (χ4v) is 2.37. The van der Waals surface area contributed by atoms with Crippen molar-refractivity contribution in [3.8, 4) is 0 Å². The molecule has 1 unspecified atom stereocenters. The molecule has 2 N–H and O–H groups in total. The highest BCUT2D eigenvalue weighted by Crippen LogP contribution is 2.28. The Bertz CT molecular complexity index is 776. The Hall–Kier alpha value is -2.13. The summed E-state index contributed by atoms with van der Waals surface area (Å²) < 4.78 is 19.7. The second-order valence-electron chi connectivity index (χ2n) is 5.19. The molecule has 102 valence electrons. The highest BCUT2D eigenvalue weighted by Gasteiger charge is 2.17. The first-order valence-corrected chi connectivity index (χ1v) is 6.56. The van der Waals surface area contributed by atoms with E-state index in [4.69, 9.17) is 10.2 Å². The summed E-state index contributed by atoms with van der Waals surface area (Å²) >= 11 is 0. The van der Waals surface area contributed by atoms with E-state index in [9.17, 15) is 4.39 Å². The fourth-order valence-electron chi connectivity index (χ4n) is 2.37. The Morgan fingerprint density at radius 1 is 1.00 bits per heavy atom. The highest BCUT2D eigenvalue weighted by molar-refractivity contribution is 5.78. The van der Waals surface area contributed by atoms with Gasteiger partial charge in [-0.15, -0.1) is 0 Å². The number of benzene rings is 2. The SMILES string of the molecule is Cc1ccc(C(N)c2cc3cc(C)ccc3o2)c(F)c1. The van der Waals surface area contributed by atoms with Crippen molar-refractivity contribution in [2.45, 2.75) is 19.9 Å². The van der Waals surface area contributed by atoms with Gasteiger partial charge >= 0.3 is 0 Å². The van der Waals surface area contributed by atoms with Crippen molar-refractivity contribution in [3.05, 3.63) is 70.7 Å². The molecular formula is C17H16FNO. The monoisotopic (exact) mass is 269 g/mol. The Kier molecular flexibility index (Phi) is 3.07. The summed E-state index contributed by atoms with van der Waals surface area (Å²) in [4.78, 5) is 0. The van der Waals surface area contributed by atoms with Crippen molar-refractivity contribution >= 4 is 11.0 Å². The van der Waals surface area contributed by atoms with Gasteiger partial charge in [-0.2, -0.15) is 0 Å². The number of halogens is 1. The van der Waals surface area contributed by atoms with Gasteiger partial charge in [0.1, 0.15) is 17.2 Å². The van der Waals surface area contributed by atoms with Crippen LogP contribution in [-0.2, 0) is 0 Å². The number of hydrogen-bond donors (Lipinski definition) is 1. The summed E-state index contributed by atoms with van der Waals surface area (Å²) in [6.07, 6.45) is 0. The summed E-state index contributed by atoms with van der Waals surface area (Å²) in [7, 11) is 0. The summed E-state index contributed by atoms with van der Waals surface area (Å²) in [5.41, 5.74) is 9.38. The van der Waals surface area contributed by atoms with Crippen LogP contribution in [0.5, 0.6) is 0 Å². The van der Waals surface area contributed by atoms with E-state index in [0.29, 0.717) is 11.3 Å². The lowest BCUT2D eigenvalue weighted by Gasteiger charge is -2.10. The van der Waals surface area contributed by atoms with Crippen LogP contribution in [-0.4, -0.2) is 0 Å². The minimum atomic E-state index is -0.594. The third kappa shape index (κ3) is 2.21. The molecule has 0 amide bonds. The molecule has 2 nitrogen and oxygen atoms in total. The van der Waals surface area contributed by atoms with Crippen LogP contribution in [0.3, 0.4) is 0 Å². The fraction of sp³-hybridized carbons (Fsp3) is 0.176. The van der Waals surface area contributed by atoms with Gasteiger partial charge in [0.2, 0.25) is 0 Å². The van der Waals surface area contributed by atoms with E-state index in [-0.39, 0.29) is 5.82 Å². The van der Waals surface area contributed by atoms with E-state index < -0.39 is 6.04 Å². The number of furan rings is 1. The van der Waals surface area contributed by atoms with Gasteiger partial charge in [-0.25, -0.2) is 4.39 Å². The van der Waals surface area contributed by atoms with Gasteiger partial charge in [0.15, 0.2) is 0 Å². The summed E-state index contributed by atoms with van der Waals surface area (Å²) in [5, 5.41) is 0.989. The Labute approximate surface area is 117 Å². The number of nitrogens with two attached hydrogens (primary N) is 1. The quantitative estimate of drug-likeness (QED) is 0.756. The zero-order valence-corrected chi connectivity index (χ0v) is 11.5. The summed E-state index contributed by atoms with van der Waals surface area (Å²) in [5.74, 6) is 0.280. The van der Waals surface area contributed by atoms with Crippen molar-refractivity contribution in [2.75, 3.05) is 0 Å². The van der Waals surface area contributed by atoms with Crippen LogP contribution in [0.1, 0.15) is 28.5 Å². The zero-order chi connectivity index (χ0) is 14.3. The molecule has 2 aromatic carbocycles. The number of aryl methyl sites for hydroxylation is 2. The number of rotatable bonds is 2. The van der Waals surface area contributed by atoms with E-state index in [1.165, 1.54) is 6.07 Å². The third-order valence-electron chi connectivity index (χ3n) is 3.49. The molecular weight excluding hydrogens is 253 g/mol. The molecule has 0 spiro atoms. The molecule has 3 heteroatoms. The average Bonchev–Trinajstić information content (AvgIpc) is 2.81. The van der Waals surface area contributed by atoms with Gasteiger partial charge < -0.3 is 10.2 Å². The maximum atomic E-state index is 14.0. The first kappa shape index (κ1) is 12.9. The van der Waals surface area contributed by atoms with E-state index >= 15 is 0 Å². The van der Waals surface area contributed by atoms with Crippen molar-refractivity contribution in [2.24, 2.45) is 5.73 Å². The van der Waals surface area contributed by atoms with Gasteiger partial charge in [-0.05, 0) is 43.7 Å². The molecule has 3 rings (SSSR count). The van der Waals surface area contributed by atoms with Crippen LogP contribution in [0.4, 0.5) is 4.39 Å². The van der Waals surface area contributed by atoms with E-state index in [2.05, 4.69) is 0 Å². The van der Waals surface area contributed by atoms with Crippen molar-refractivity contribution < 1.29 is 8.81 Å². The second-order valence-corrected chi connectivity index (χ2v) is 5.19. The van der Waals surface area contributed by atoms with E-state index in [1.54, 1.807) is 6.07 Å². The number of hydrogen-bond acceptors (Lipinski definition) is 2. The molecule has 0 aliphatic heterocycles. The lowest BCUT2D eigenvalue weighted by molar-refractivity contribution is 0.510. The van der Waals surface area contributed by atoms with Gasteiger partial charge in [0.05, 0.1) is 6.04 Å². The van der Waals surface area contributed by atoms with E-state index in [0.717, 1.165) is 22.1 Å². The molecule has 1 heterocycles. The Morgan fingerprint density at radius 3 is 2.45 bits per heavy atom. The lowest BCUT2D eigenvalue weighted by Crippen LogP contribution is -2.12. The van der Waals surface area contributed by atoms with Crippen LogP contribution in [0.15, 0.2) is 46.9 Å². The molecule has 3 aromatic rings. The van der Waals surface area contributed by atoms with Gasteiger partial charge in [0, 0.05) is 10.9 Å². The summed E-state index contributed by atoms with van der Waals surface area (Å²) in [6.45, 7) is 3.87. The first-order chi connectivity index (χ1) is 9.54. The molecule has 0 saturated carbocycles.